The van der Waals surface area contributed by atoms with Crippen molar-refractivity contribution in [2.24, 2.45) is 0 Å². The van der Waals surface area contributed by atoms with E-state index in [4.69, 9.17) is 14.4 Å². The Bertz CT molecular complexity index is 292. The van der Waals surface area contributed by atoms with E-state index in [1.165, 1.54) is 0 Å². The van der Waals surface area contributed by atoms with Gasteiger partial charge in [0.2, 0.25) is 0 Å². The maximum atomic E-state index is 10.6. The topological polar surface area (TPSA) is 114 Å². The summed E-state index contributed by atoms with van der Waals surface area (Å²) < 4.78 is 28.8. The van der Waals surface area contributed by atoms with Crippen molar-refractivity contribution in [3.05, 3.63) is 12.7 Å². The van der Waals surface area contributed by atoms with Gasteiger partial charge >= 0.3 is 35.5 Å². The zero-order chi connectivity index (χ0) is 13.9. The first-order chi connectivity index (χ1) is 8.45. The van der Waals surface area contributed by atoms with Crippen molar-refractivity contribution in [2.75, 3.05) is 39.6 Å². The normalized spacial score (nSPS) is 13.2. The maximum absolute atomic E-state index is 10.6. The Labute approximate surface area is 133 Å². The number of hydrogen-bond donors (Lipinski definition) is 1. The molecule has 0 fully saturated rings. The molecule has 0 saturated heterocycles. The second-order valence-electron chi connectivity index (χ2n) is 2.90. The Hall–Kier alpha value is 0.240. The first-order valence-corrected chi connectivity index (χ1v) is 6.58. The quantitative estimate of drug-likeness (QED) is 0.136. The van der Waals surface area contributed by atoms with Crippen LogP contribution in [0.25, 0.3) is 0 Å². The molecule has 0 radical (unpaired) electrons. The first-order valence-electron chi connectivity index (χ1n) is 5.08. The predicted octanol–water partition coefficient (Wildman–Crippen LogP) is -3.77. The summed E-state index contributed by atoms with van der Waals surface area (Å²) in [5.41, 5.74) is 0. The van der Waals surface area contributed by atoms with Gasteiger partial charge in [0.1, 0.15) is 6.61 Å². The molecule has 0 aliphatic carbocycles. The maximum Gasteiger partial charge on any atom is 1.00 e. The van der Waals surface area contributed by atoms with Gasteiger partial charge in [-0.2, -0.15) is 0 Å². The molecule has 0 aliphatic heterocycles. The van der Waals surface area contributed by atoms with Crippen molar-refractivity contribution in [3.63, 3.8) is 0 Å². The molecule has 106 valence electrons. The molecule has 0 saturated carbocycles. The van der Waals surface area contributed by atoms with Crippen LogP contribution in [0.5, 0.6) is 0 Å². The Morgan fingerprint density at radius 1 is 1.16 bits per heavy atom. The van der Waals surface area contributed by atoms with Crippen molar-refractivity contribution >= 4 is 13.8 Å². The standard InChI is InChI=1S/C9H17O8P.Na/c1-2-9(10)16-7-5-14-3-4-15-6-8-17-18(11,12)13;/h2H,1,3-8H2,(H2,11,12,13);/q;+1/p-1. The third kappa shape index (κ3) is 18.2. The molecule has 0 bridgehead atoms. The van der Waals surface area contributed by atoms with E-state index < -0.39 is 13.8 Å². The van der Waals surface area contributed by atoms with Crippen LogP contribution in [0.4, 0.5) is 0 Å². The van der Waals surface area contributed by atoms with Crippen LogP contribution in [-0.2, 0) is 28.1 Å². The van der Waals surface area contributed by atoms with E-state index in [-0.39, 0.29) is 69.2 Å². The number of esters is 1. The van der Waals surface area contributed by atoms with Crippen molar-refractivity contribution in [2.45, 2.75) is 0 Å². The summed E-state index contributed by atoms with van der Waals surface area (Å²) in [5, 5.41) is 0. The van der Waals surface area contributed by atoms with Gasteiger partial charge in [0.25, 0.3) is 7.82 Å². The van der Waals surface area contributed by atoms with E-state index in [1.54, 1.807) is 0 Å². The van der Waals surface area contributed by atoms with Crippen LogP contribution in [0.2, 0.25) is 0 Å². The van der Waals surface area contributed by atoms with Crippen LogP contribution >= 0.6 is 7.82 Å². The van der Waals surface area contributed by atoms with Crippen LogP contribution in [0, 0.1) is 0 Å². The minimum Gasteiger partial charge on any atom is -0.756 e. The average molecular weight is 306 g/mol. The number of rotatable bonds is 11. The third-order valence-corrected chi connectivity index (χ3v) is 2.00. The molecule has 0 spiro atoms. The molecule has 1 N–H and O–H groups in total. The first kappa shape index (κ1) is 21.5. The molecule has 0 heterocycles. The van der Waals surface area contributed by atoms with Crippen molar-refractivity contribution in [1.82, 2.24) is 0 Å². The molecule has 1 unspecified atom stereocenters. The SMILES string of the molecule is C=CC(=O)OCCOCCOCCOP(=O)([O-])O.[Na+]. The summed E-state index contributed by atoms with van der Waals surface area (Å²) in [4.78, 5) is 29.0. The zero-order valence-electron chi connectivity index (χ0n) is 10.8. The fraction of sp³-hybridized carbons (Fsp3) is 0.667. The molecule has 0 aromatic heterocycles. The minimum absolute atomic E-state index is 0. The van der Waals surface area contributed by atoms with Crippen LogP contribution in [0.1, 0.15) is 0 Å². The van der Waals surface area contributed by atoms with Gasteiger partial charge < -0.3 is 28.5 Å². The van der Waals surface area contributed by atoms with E-state index >= 15 is 0 Å². The van der Waals surface area contributed by atoms with Crippen molar-refractivity contribution in [3.8, 4) is 0 Å². The molecular formula is C9H16NaO8P. The van der Waals surface area contributed by atoms with Crippen molar-refractivity contribution < 1.29 is 67.4 Å². The number of phosphoric ester groups is 1. The second kappa shape index (κ2) is 13.2. The smallest absolute Gasteiger partial charge is 0.756 e. The van der Waals surface area contributed by atoms with Gasteiger partial charge in [-0.15, -0.1) is 0 Å². The molecule has 19 heavy (non-hydrogen) atoms. The van der Waals surface area contributed by atoms with E-state index in [9.17, 15) is 14.3 Å². The second-order valence-corrected chi connectivity index (χ2v) is 4.09. The summed E-state index contributed by atoms with van der Waals surface area (Å²) in [6.45, 7) is 3.83. The van der Waals surface area contributed by atoms with Crippen LogP contribution in [0.3, 0.4) is 0 Å². The monoisotopic (exact) mass is 306 g/mol. The van der Waals surface area contributed by atoms with Gasteiger partial charge in [0.05, 0.1) is 33.0 Å². The molecule has 8 nitrogen and oxygen atoms in total. The van der Waals surface area contributed by atoms with Gasteiger partial charge in [0.15, 0.2) is 0 Å². The van der Waals surface area contributed by atoms with Gasteiger partial charge in [-0.1, -0.05) is 6.58 Å². The Morgan fingerprint density at radius 2 is 1.63 bits per heavy atom. The average Bonchev–Trinajstić information content (AvgIpc) is 2.29. The summed E-state index contributed by atoms with van der Waals surface area (Å²) in [6.07, 6.45) is 1.05. The Kier molecular flexibility index (Phi) is 15.0. The number of ether oxygens (including phenoxy) is 3. The number of carbonyl (C=O) groups excluding carboxylic acids is 1. The summed E-state index contributed by atoms with van der Waals surface area (Å²) >= 11 is 0. The van der Waals surface area contributed by atoms with Crippen molar-refractivity contribution in [1.29, 1.82) is 0 Å². The largest absolute Gasteiger partial charge is 1.00 e. The summed E-state index contributed by atoms with van der Waals surface area (Å²) in [5.74, 6) is -0.516. The zero-order valence-corrected chi connectivity index (χ0v) is 13.7. The van der Waals surface area contributed by atoms with E-state index in [1.807, 2.05) is 0 Å². The fourth-order valence-electron chi connectivity index (χ4n) is 0.794. The molecule has 1 atom stereocenters. The van der Waals surface area contributed by atoms with Crippen LogP contribution in [-0.4, -0.2) is 50.5 Å². The molecule has 0 aromatic rings. The predicted molar refractivity (Wildman–Crippen MR) is 58.6 cm³/mol. The van der Waals surface area contributed by atoms with E-state index in [0.29, 0.717) is 0 Å². The summed E-state index contributed by atoms with van der Waals surface area (Å²) in [7, 11) is -4.67. The molecule has 0 rings (SSSR count). The molecular weight excluding hydrogens is 290 g/mol. The van der Waals surface area contributed by atoms with Gasteiger partial charge in [-0.25, -0.2) is 4.79 Å². The van der Waals surface area contributed by atoms with Crippen LogP contribution in [0.15, 0.2) is 12.7 Å². The molecule has 10 heteroatoms. The number of carbonyl (C=O) groups is 1. The van der Waals surface area contributed by atoms with Gasteiger partial charge in [0, 0.05) is 6.08 Å². The Morgan fingerprint density at radius 3 is 2.11 bits per heavy atom. The summed E-state index contributed by atoms with van der Waals surface area (Å²) in [6, 6.07) is 0. The van der Waals surface area contributed by atoms with Crippen LogP contribution < -0.4 is 34.5 Å². The third-order valence-electron chi connectivity index (χ3n) is 1.49. The molecule has 0 aliphatic rings. The van der Waals surface area contributed by atoms with E-state index in [0.717, 1.165) is 6.08 Å². The van der Waals surface area contributed by atoms with E-state index in [2.05, 4.69) is 15.8 Å². The molecule has 0 amide bonds. The van der Waals surface area contributed by atoms with Gasteiger partial charge in [-0.3, -0.25) is 4.57 Å². The Balaban J connectivity index is 0. The van der Waals surface area contributed by atoms with Gasteiger partial charge in [-0.05, 0) is 0 Å². The number of hydrogen-bond acceptors (Lipinski definition) is 7. The number of phosphoric acid groups is 1. The molecule has 0 aromatic carbocycles. The fourth-order valence-corrected chi connectivity index (χ4v) is 1.10. The minimum atomic E-state index is -4.67.